The van der Waals surface area contributed by atoms with Gasteiger partial charge in [-0.15, -0.1) is 0 Å². The lowest BCUT2D eigenvalue weighted by atomic mass is 10.2. The molecule has 1 aromatic heterocycles. The number of benzene rings is 2. The minimum absolute atomic E-state index is 0.155. The van der Waals surface area contributed by atoms with Crippen molar-refractivity contribution in [3.63, 3.8) is 0 Å². The Kier molecular flexibility index (Phi) is 4.49. The van der Waals surface area contributed by atoms with Crippen molar-refractivity contribution in [2.24, 2.45) is 0 Å². The molecule has 4 rings (SSSR count). The number of fused-ring (bicyclic) bond motifs is 1. The quantitative estimate of drug-likeness (QED) is 0.708. The largest absolute Gasteiger partial charge is 0.323 e. The van der Waals surface area contributed by atoms with Crippen molar-refractivity contribution in [3.05, 3.63) is 76.0 Å². The molecule has 0 spiro atoms. The van der Waals surface area contributed by atoms with Crippen molar-refractivity contribution >= 4 is 46.4 Å². The molecule has 130 valence electrons. The van der Waals surface area contributed by atoms with E-state index in [1.165, 1.54) is 5.56 Å². The maximum Gasteiger partial charge on any atom is 0.277 e. The molecule has 0 saturated carbocycles. The van der Waals surface area contributed by atoms with E-state index in [1.807, 2.05) is 24.3 Å². The van der Waals surface area contributed by atoms with Crippen LogP contribution < -0.4 is 10.2 Å². The first kappa shape index (κ1) is 16.8. The third-order valence-corrected chi connectivity index (χ3v) is 5.02. The van der Waals surface area contributed by atoms with Crippen molar-refractivity contribution in [2.45, 2.75) is 6.42 Å². The van der Waals surface area contributed by atoms with Gasteiger partial charge in [0.05, 0.1) is 15.7 Å². The predicted octanol–water partition coefficient (Wildman–Crippen LogP) is 4.73. The highest BCUT2D eigenvalue weighted by molar-refractivity contribution is 6.43. The molecule has 1 aliphatic rings. The van der Waals surface area contributed by atoms with Gasteiger partial charge in [0.25, 0.3) is 5.91 Å². The number of rotatable bonds is 3. The number of hydrogen-bond acceptors (Lipinski definition) is 4. The molecule has 0 unspecified atom stereocenters. The van der Waals surface area contributed by atoms with E-state index in [0.717, 1.165) is 12.1 Å². The minimum atomic E-state index is -0.155. The van der Waals surface area contributed by atoms with E-state index >= 15 is 0 Å². The number of carbonyl (C=O) groups is 1. The van der Waals surface area contributed by atoms with Gasteiger partial charge < -0.3 is 10.2 Å². The smallest absolute Gasteiger partial charge is 0.277 e. The topological polar surface area (TPSA) is 58.1 Å². The van der Waals surface area contributed by atoms with E-state index in [4.69, 9.17) is 23.2 Å². The second-order valence-electron chi connectivity index (χ2n) is 5.83. The van der Waals surface area contributed by atoms with Crippen molar-refractivity contribution in [1.29, 1.82) is 0 Å². The first-order valence-electron chi connectivity index (χ1n) is 8.07. The summed E-state index contributed by atoms with van der Waals surface area (Å²) in [6.45, 7) is 0.644. The van der Waals surface area contributed by atoms with Crippen LogP contribution in [0.25, 0.3) is 0 Å². The summed E-state index contributed by atoms with van der Waals surface area (Å²) in [5.74, 6) is 0.130. The number of nitrogens with one attached hydrogen (secondary N) is 1. The van der Waals surface area contributed by atoms with Crippen LogP contribution >= 0.6 is 23.2 Å². The third kappa shape index (κ3) is 3.11. The lowest BCUT2D eigenvalue weighted by molar-refractivity contribution is 0.0984. The van der Waals surface area contributed by atoms with E-state index in [-0.39, 0.29) is 11.9 Å². The summed E-state index contributed by atoms with van der Waals surface area (Å²) in [5, 5.41) is 3.81. The zero-order valence-electron chi connectivity index (χ0n) is 13.6. The molecule has 2 aromatic carbocycles. The van der Waals surface area contributed by atoms with Gasteiger partial charge in [-0.1, -0.05) is 47.5 Å². The molecule has 7 heteroatoms. The van der Waals surface area contributed by atoms with Crippen LogP contribution in [0.2, 0.25) is 10.0 Å². The van der Waals surface area contributed by atoms with Crippen LogP contribution in [0.4, 0.5) is 17.3 Å². The number of anilines is 3. The Morgan fingerprint density at radius 1 is 1.08 bits per heavy atom. The number of halogens is 2. The zero-order valence-corrected chi connectivity index (χ0v) is 15.1. The van der Waals surface area contributed by atoms with Crippen molar-refractivity contribution in [3.8, 4) is 0 Å². The van der Waals surface area contributed by atoms with Gasteiger partial charge in [-0.2, -0.15) is 0 Å². The summed E-state index contributed by atoms with van der Waals surface area (Å²) < 4.78 is 0. The molecule has 1 amide bonds. The Morgan fingerprint density at radius 3 is 2.81 bits per heavy atom. The van der Waals surface area contributed by atoms with E-state index in [9.17, 15) is 4.79 Å². The molecule has 0 atom stereocenters. The second-order valence-corrected chi connectivity index (χ2v) is 6.61. The number of carbonyl (C=O) groups excluding carboxylic acids is 1. The maximum absolute atomic E-state index is 12.9. The zero-order chi connectivity index (χ0) is 18.1. The average molecular weight is 385 g/mol. The highest BCUT2D eigenvalue weighted by Gasteiger charge is 2.26. The molecule has 26 heavy (non-hydrogen) atoms. The summed E-state index contributed by atoms with van der Waals surface area (Å²) in [6, 6.07) is 14.7. The number of aromatic nitrogens is 2. The summed E-state index contributed by atoms with van der Waals surface area (Å²) in [5.41, 5.74) is 3.00. The van der Waals surface area contributed by atoms with Gasteiger partial charge in [0.2, 0.25) is 5.95 Å². The fourth-order valence-corrected chi connectivity index (χ4v) is 3.29. The normalized spacial score (nSPS) is 12.8. The number of nitrogens with zero attached hydrogens (tertiary/aromatic N) is 3. The Bertz CT molecular complexity index is 993. The van der Waals surface area contributed by atoms with Gasteiger partial charge in [-0.25, -0.2) is 9.97 Å². The van der Waals surface area contributed by atoms with Crippen molar-refractivity contribution < 1.29 is 4.79 Å². The lowest BCUT2D eigenvalue weighted by Crippen LogP contribution is -2.29. The predicted molar refractivity (Wildman–Crippen MR) is 104 cm³/mol. The molecule has 2 heterocycles. The van der Waals surface area contributed by atoms with Gasteiger partial charge >= 0.3 is 0 Å². The van der Waals surface area contributed by atoms with Crippen LogP contribution in [0, 0.1) is 0 Å². The van der Waals surface area contributed by atoms with Crippen LogP contribution in [0.5, 0.6) is 0 Å². The Balaban J connectivity index is 1.60. The maximum atomic E-state index is 12.9. The average Bonchev–Trinajstić information content (AvgIpc) is 3.09. The second kappa shape index (κ2) is 6.94. The molecule has 0 aliphatic carbocycles. The highest BCUT2D eigenvalue weighted by atomic mass is 35.5. The van der Waals surface area contributed by atoms with Crippen LogP contribution in [0.1, 0.15) is 16.1 Å². The molecule has 1 aliphatic heterocycles. The summed E-state index contributed by atoms with van der Waals surface area (Å²) in [6.07, 6.45) is 2.39. The monoisotopic (exact) mass is 384 g/mol. The van der Waals surface area contributed by atoms with E-state index in [0.29, 0.717) is 28.0 Å². The van der Waals surface area contributed by atoms with Gasteiger partial charge in [-0.05, 0) is 36.2 Å². The fraction of sp³-hybridized carbons (Fsp3) is 0.105. The lowest BCUT2D eigenvalue weighted by Gasteiger charge is -2.17. The summed E-state index contributed by atoms with van der Waals surface area (Å²) >= 11 is 12.2. The number of hydrogen-bond donors (Lipinski definition) is 1. The first-order valence-corrected chi connectivity index (χ1v) is 8.83. The van der Waals surface area contributed by atoms with Crippen LogP contribution in [0.15, 0.2) is 54.7 Å². The minimum Gasteiger partial charge on any atom is -0.323 e. The van der Waals surface area contributed by atoms with Gasteiger partial charge in [0.1, 0.15) is 5.69 Å². The molecule has 0 saturated heterocycles. The molecule has 3 aromatic rings. The van der Waals surface area contributed by atoms with E-state index in [2.05, 4.69) is 15.3 Å². The summed E-state index contributed by atoms with van der Waals surface area (Å²) in [7, 11) is 0. The number of para-hydroxylation sites is 1. The highest BCUT2D eigenvalue weighted by Crippen LogP contribution is 2.31. The number of amides is 1. The van der Waals surface area contributed by atoms with Crippen molar-refractivity contribution in [2.75, 3.05) is 16.8 Å². The molecule has 0 fully saturated rings. The van der Waals surface area contributed by atoms with E-state index < -0.39 is 0 Å². The van der Waals surface area contributed by atoms with Crippen LogP contribution in [-0.4, -0.2) is 22.4 Å². The van der Waals surface area contributed by atoms with Gasteiger partial charge in [0.15, 0.2) is 0 Å². The molecular weight excluding hydrogens is 371 g/mol. The van der Waals surface area contributed by atoms with E-state index in [1.54, 1.807) is 35.4 Å². The standard InChI is InChI=1S/C19H14Cl2N4O/c20-13-5-3-6-14(17(13)21)23-19-22-10-8-15(24-19)18(26)25-11-9-12-4-1-2-7-16(12)25/h1-8,10H,9,11H2,(H,22,23,24). The van der Waals surface area contributed by atoms with Gasteiger partial charge in [0, 0.05) is 18.4 Å². The Labute approximate surface area is 160 Å². The Hall–Kier alpha value is -2.63. The molecule has 5 nitrogen and oxygen atoms in total. The third-order valence-electron chi connectivity index (χ3n) is 4.21. The Morgan fingerprint density at radius 2 is 1.92 bits per heavy atom. The molecule has 0 radical (unpaired) electrons. The molecule has 0 bridgehead atoms. The van der Waals surface area contributed by atoms with Crippen LogP contribution in [-0.2, 0) is 6.42 Å². The SMILES string of the molecule is O=C(c1ccnc(Nc2cccc(Cl)c2Cl)n1)N1CCc2ccccc21. The fourth-order valence-electron chi connectivity index (χ4n) is 2.95. The molecule has 1 N–H and O–H groups in total. The van der Waals surface area contributed by atoms with Crippen LogP contribution in [0.3, 0.4) is 0 Å². The van der Waals surface area contributed by atoms with Crippen molar-refractivity contribution in [1.82, 2.24) is 9.97 Å². The van der Waals surface area contributed by atoms with Gasteiger partial charge in [-0.3, -0.25) is 4.79 Å². The first-order chi connectivity index (χ1) is 12.6. The summed E-state index contributed by atoms with van der Waals surface area (Å²) in [4.78, 5) is 23.1. The molecular formula is C19H14Cl2N4O.